The lowest BCUT2D eigenvalue weighted by molar-refractivity contribution is -0.134. The lowest BCUT2D eigenvalue weighted by Gasteiger charge is -2.21. The van der Waals surface area contributed by atoms with Crippen molar-refractivity contribution in [3.05, 3.63) is 24.0 Å². The fourth-order valence-corrected chi connectivity index (χ4v) is 1.79. The first-order valence-electron chi connectivity index (χ1n) is 5.33. The maximum absolute atomic E-state index is 11.4. The van der Waals surface area contributed by atoms with Crippen molar-refractivity contribution in [2.45, 2.75) is 25.4 Å². The van der Waals surface area contributed by atoms with Gasteiger partial charge in [0, 0.05) is 32.4 Å². The van der Waals surface area contributed by atoms with Crippen LogP contribution in [0.25, 0.3) is 0 Å². The molecule has 1 unspecified atom stereocenters. The Kier molecular flexibility index (Phi) is 3.05. The summed E-state index contributed by atoms with van der Waals surface area (Å²) >= 11 is 0. The molecule has 2 amide bonds. The molecule has 1 atom stereocenters. The maximum Gasteiger partial charge on any atom is 0.243 e. The number of imide groups is 1. The molecule has 0 spiro atoms. The Balaban J connectivity index is 1.86. The molecule has 1 aliphatic rings. The van der Waals surface area contributed by atoms with Gasteiger partial charge in [-0.25, -0.2) is 0 Å². The van der Waals surface area contributed by atoms with Crippen LogP contribution in [0.3, 0.4) is 0 Å². The minimum absolute atomic E-state index is 0.178. The van der Waals surface area contributed by atoms with E-state index in [9.17, 15) is 9.59 Å². The molecule has 5 heteroatoms. The van der Waals surface area contributed by atoms with Gasteiger partial charge in [0.05, 0.1) is 6.04 Å². The van der Waals surface area contributed by atoms with Crippen LogP contribution >= 0.6 is 0 Å². The first-order valence-corrected chi connectivity index (χ1v) is 5.33. The number of aryl methyl sites for hydroxylation is 1. The lowest BCUT2D eigenvalue weighted by Crippen LogP contribution is -2.50. The molecule has 0 aromatic carbocycles. The number of hydrogen-bond acceptors (Lipinski definition) is 3. The molecule has 5 nitrogen and oxygen atoms in total. The number of nitrogens with one attached hydrogen (secondary N) is 2. The van der Waals surface area contributed by atoms with Crippen molar-refractivity contribution in [1.82, 2.24) is 15.2 Å². The van der Waals surface area contributed by atoms with Gasteiger partial charge in [-0.1, -0.05) is 0 Å². The van der Waals surface area contributed by atoms with Crippen molar-refractivity contribution in [3.63, 3.8) is 0 Å². The first kappa shape index (κ1) is 10.9. The van der Waals surface area contributed by atoms with Gasteiger partial charge in [-0.3, -0.25) is 14.9 Å². The van der Waals surface area contributed by atoms with E-state index in [1.807, 2.05) is 30.1 Å². The summed E-state index contributed by atoms with van der Waals surface area (Å²) in [4.78, 5) is 22.4. The van der Waals surface area contributed by atoms with E-state index in [-0.39, 0.29) is 17.9 Å². The van der Waals surface area contributed by atoms with E-state index in [4.69, 9.17) is 0 Å². The van der Waals surface area contributed by atoms with Gasteiger partial charge in [0.1, 0.15) is 0 Å². The van der Waals surface area contributed by atoms with Crippen molar-refractivity contribution < 1.29 is 9.59 Å². The van der Waals surface area contributed by atoms with Crippen LogP contribution in [0.4, 0.5) is 0 Å². The number of piperidine rings is 1. The average Bonchev–Trinajstić information content (AvgIpc) is 2.63. The second kappa shape index (κ2) is 4.49. The maximum atomic E-state index is 11.4. The van der Waals surface area contributed by atoms with Crippen molar-refractivity contribution in [3.8, 4) is 0 Å². The highest BCUT2D eigenvalue weighted by Crippen LogP contribution is 2.06. The third-order valence-electron chi connectivity index (χ3n) is 2.68. The van der Waals surface area contributed by atoms with E-state index >= 15 is 0 Å². The van der Waals surface area contributed by atoms with Gasteiger partial charge in [-0.15, -0.1) is 0 Å². The minimum atomic E-state index is -0.252. The Morgan fingerprint density at radius 1 is 1.56 bits per heavy atom. The molecule has 1 aromatic rings. The van der Waals surface area contributed by atoms with E-state index < -0.39 is 0 Å². The summed E-state index contributed by atoms with van der Waals surface area (Å²) in [7, 11) is 1.95. The fraction of sp³-hybridized carbons (Fsp3) is 0.455. The van der Waals surface area contributed by atoms with E-state index in [0.29, 0.717) is 19.4 Å². The number of carbonyl (C=O) groups is 2. The molecule has 1 fully saturated rings. The zero-order valence-electron chi connectivity index (χ0n) is 9.19. The van der Waals surface area contributed by atoms with Crippen LogP contribution in [0.15, 0.2) is 18.5 Å². The van der Waals surface area contributed by atoms with Gasteiger partial charge in [0.25, 0.3) is 0 Å². The summed E-state index contributed by atoms with van der Waals surface area (Å²) in [6.45, 7) is 0.646. The van der Waals surface area contributed by atoms with Crippen LogP contribution in [-0.4, -0.2) is 22.4 Å². The monoisotopic (exact) mass is 221 g/mol. The molecular formula is C11H15N3O2. The highest BCUT2D eigenvalue weighted by Gasteiger charge is 2.25. The second-order valence-electron chi connectivity index (χ2n) is 4.07. The Morgan fingerprint density at radius 3 is 3.00 bits per heavy atom. The van der Waals surface area contributed by atoms with Gasteiger partial charge < -0.3 is 9.88 Å². The first-order chi connectivity index (χ1) is 7.65. The smallest absolute Gasteiger partial charge is 0.243 e. The number of hydrogen-bond donors (Lipinski definition) is 2. The van der Waals surface area contributed by atoms with Gasteiger partial charge in [-0.2, -0.15) is 0 Å². The zero-order valence-corrected chi connectivity index (χ0v) is 9.19. The Hall–Kier alpha value is -1.62. The third-order valence-corrected chi connectivity index (χ3v) is 2.68. The van der Waals surface area contributed by atoms with Gasteiger partial charge >= 0.3 is 0 Å². The number of aromatic nitrogens is 1. The topological polar surface area (TPSA) is 63.1 Å². The molecule has 0 saturated carbocycles. The Morgan fingerprint density at radius 2 is 2.38 bits per heavy atom. The van der Waals surface area contributed by atoms with E-state index in [0.717, 1.165) is 5.56 Å². The van der Waals surface area contributed by atoms with Crippen LogP contribution in [0.2, 0.25) is 0 Å². The van der Waals surface area contributed by atoms with E-state index in [1.165, 1.54) is 0 Å². The summed E-state index contributed by atoms with van der Waals surface area (Å²) in [6, 6.07) is 1.75. The summed E-state index contributed by atoms with van der Waals surface area (Å²) in [5, 5.41) is 5.47. The van der Waals surface area contributed by atoms with Crippen LogP contribution in [0, 0.1) is 0 Å². The Bertz CT molecular complexity index is 411. The Labute approximate surface area is 93.8 Å². The van der Waals surface area contributed by atoms with E-state index in [2.05, 4.69) is 10.6 Å². The lowest BCUT2D eigenvalue weighted by atomic mass is 10.1. The number of carbonyl (C=O) groups excluding carboxylic acids is 2. The molecule has 2 N–H and O–H groups in total. The predicted octanol–water partition coefficient (Wildman–Crippen LogP) is -0.0801. The molecule has 0 bridgehead atoms. The van der Waals surface area contributed by atoms with E-state index in [1.54, 1.807) is 0 Å². The number of amides is 2. The van der Waals surface area contributed by atoms with Crippen LogP contribution in [0.1, 0.15) is 18.4 Å². The van der Waals surface area contributed by atoms with Gasteiger partial charge in [0.15, 0.2) is 0 Å². The van der Waals surface area contributed by atoms with Crippen molar-refractivity contribution in [2.24, 2.45) is 7.05 Å². The average molecular weight is 221 g/mol. The molecule has 86 valence electrons. The molecule has 1 saturated heterocycles. The second-order valence-corrected chi connectivity index (χ2v) is 4.07. The summed E-state index contributed by atoms with van der Waals surface area (Å²) in [6.07, 6.45) is 4.95. The van der Waals surface area contributed by atoms with Gasteiger partial charge in [0.2, 0.25) is 11.8 Å². The molecule has 0 radical (unpaired) electrons. The normalized spacial score (nSPS) is 20.9. The highest BCUT2D eigenvalue weighted by molar-refractivity contribution is 6.00. The highest BCUT2D eigenvalue weighted by atomic mass is 16.2. The minimum Gasteiger partial charge on any atom is -0.357 e. The quantitative estimate of drug-likeness (QED) is 0.702. The van der Waals surface area contributed by atoms with Crippen molar-refractivity contribution in [1.29, 1.82) is 0 Å². The summed E-state index contributed by atoms with van der Waals surface area (Å²) in [5.41, 5.74) is 1.13. The molecule has 0 aliphatic carbocycles. The van der Waals surface area contributed by atoms with Gasteiger partial charge in [-0.05, 0) is 18.1 Å². The molecule has 1 aliphatic heterocycles. The van der Waals surface area contributed by atoms with Crippen molar-refractivity contribution in [2.75, 3.05) is 0 Å². The molecule has 2 heterocycles. The number of rotatable bonds is 3. The fourth-order valence-electron chi connectivity index (χ4n) is 1.79. The molecular weight excluding hydrogens is 206 g/mol. The SMILES string of the molecule is Cn1ccc(CNC2CCC(=O)NC2=O)c1. The van der Waals surface area contributed by atoms with Crippen LogP contribution in [-0.2, 0) is 23.2 Å². The zero-order chi connectivity index (χ0) is 11.5. The summed E-state index contributed by atoms with van der Waals surface area (Å²) < 4.78 is 1.96. The largest absolute Gasteiger partial charge is 0.357 e. The molecule has 2 rings (SSSR count). The molecule has 16 heavy (non-hydrogen) atoms. The number of nitrogens with zero attached hydrogens (tertiary/aromatic N) is 1. The standard InChI is InChI=1S/C11H15N3O2/c1-14-5-4-8(7-14)6-12-9-2-3-10(15)13-11(9)16/h4-5,7,9,12H,2-3,6H2,1H3,(H,13,15,16). The predicted molar refractivity (Wildman–Crippen MR) is 58.4 cm³/mol. The third kappa shape index (κ3) is 2.49. The summed E-state index contributed by atoms with van der Waals surface area (Å²) in [5.74, 6) is -0.394. The van der Waals surface area contributed by atoms with Crippen molar-refractivity contribution >= 4 is 11.8 Å². The molecule has 1 aromatic heterocycles. The van der Waals surface area contributed by atoms with Crippen LogP contribution < -0.4 is 10.6 Å². The van der Waals surface area contributed by atoms with Crippen LogP contribution in [0.5, 0.6) is 0 Å².